The second-order valence-electron chi connectivity index (χ2n) is 8.30. The Morgan fingerprint density at radius 2 is 1.41 bits per heavy atom. The molecule has 1 rings (SSSR count). The van der Waals surface area contributed by atoms with E-state index in [2.05, 4.69) is 16.0 Å². The van der Waals surface area contributed by atoms with E-state index in [1.165, 1.54) is 0 Å². The van der Waals surface area contributed by atoms with E-state index in [4.69, 9.17) is 11.5 Å². The molecule has 4 amide bonds. The predicted octanol–water partition coefficient (Wildman–Crippen LogP) is -1.99. The zero-order chi connectivity index (χ0) is 25.8. The second-order valence-corrected chi connectivity index (χ2v) is 8.30. The Morgan fingerprint density at radius 1 is 0.882 bits per heavy atom. The molecule has 9 N–H and O–H groups in total. The Morgan fingerprint density at radius 3 is 1.91 bits per heavy atom. The van der Waals surface area contributed by atoms with Crippen LogP contribution in [0.1, 0.15) is 32.3 Å². The highest BCUT2D eigenvalue weighted by Gasteiger charge is 2.31. The molecule has 34 heavy (non-hydrogen) atoms. The molecular weight excluding hydrogens is 446 g/mol. The van der Waals surface area contributed by atoms with Gasteiger partial charge in [-0.3, -0.25) is 19.2 Å². The van der Waals surface area contributed by atoms with E-state index >= 15 is 0 Å². The maximum atomic E-state index is 12.8. The third kappa shape index (κ3) is 9.96. The van der Waals surface area contributed by atoms with E-state index in [-0.39, 0.29) is 12.3 Å². The van der Waals surface area contributed by atoms with Gasteiger partial charge in [-0.05, 0) is 17.9 Å². The number of aliphatic hydroxyl groups is 1. The number of amides is 4. The normalized spacial score (nSPS) is 14.4. The van der Waals surface area contributed by atoms with Crippen molar-refractivity contribution >= 4 is 29.6 Å². The van der Waals surface area contributed by atoms with Gasteiger partial charge in [-0.25, -0.2) is 4.79 Å². The van der Waals surface area contributed by atoms with Gasteiger partial charge in [0.05, 0.1) is 19.1 Å². The van der Waals surface area contributed by atoms with Gasteiger partial charge in [0, 0.05) is 6.42 Å². The van der Waals surface area contributed by atoms with E-state index in [0.717, 1.165) is 0 Å². The van der Waals surface area contributed by atoms with Gasteiger partial charge in [-0.1, -0.05) is 44.2 Å². The van der Waals surface area contributed by atoms with Crippen molar-refractivity contribution in [2.24, 2.45) is 17.4 Å². The topological polar surface area (TPSA) is 214 Å². The largest absolute Gasteiger partial charge is 0.480 e. The summed E-state index contributed by atoms with van der Waals surface area (Å²) in [4.78, 5) is 60.4. The number of nitrogens with two attached hydrogens (primary N) is 2. The number of aliphatic hydroxyl groups excluding tert-OH is 1. The standard InChI is InChI=1S/C22H33N5O7/c1-12(2)8-14(23)19(30)27-17(11-28)21(32)25-15(9-13-6-4-3-5-7-13)20(31)26-16(22(33)34)10-18(24)29/h3-7,12,14-17,28H,8-11,23H2,1-2H3,(H2,24,29)(H,25,32)(H,26,31)(H,27,30)(H,33,34). The number of aliphatic carboxylic acids is 1. The zero-order valence-corrected chi connectivity index (χ0v) is 19.2. The third-order valence-electron chi connectivity index (χ3n) is 4.81. The van der Waals surface area contributed by atoms with Crippen LogP contribution in [-0.4, -0.2) is 70.6 Å². The van der Waals surface area contributed by atoms with Gasteiger partial charge in [0.25, 0.3) is 0 Å². The van der Waals surface area contributed by atoms with Gasteiger partial charge < -0.3 is 37.6 Å². The molecular formula is C22H33N5O7. The summed E-state index contributed by atoms with van der Waals surface area (Å²) in [6, 6.07) is 3.41. The van der Waals surface area contributed by atoms with Crippen molar-refractivity contribution in [2.45, 2.75) is 57.3 Å². The minimum Gasteiger partial charge on any atom is -0.480 e. The Balaban J connectivity index is 3.01. The molecule has 0 fully saturated rings. The van der Waals surface area contributed by atoms with Crippen LogP contribution in [0, 0.1) is 5.92 Å². The quantitative estimate of drug-likeness (QED) is 0.158. The van der Waals surface area contributed by atoms with Crippen molar-refractivity contribution < 1.29 is 34.2 Å². The molecule has 0 heterocycles. The maximum absolute atomic E-state index is 12.8. The molecule has 0 saturated carbocycles. The highest BCUT2D eigenvalue weighted by molar-refractivity contribution is 5.95. The number of nitrogens with one attached hydrogen (secondary N) is 3. The summed E-state index contributed by atoms with van der Waals surface area (Å²) in [5.74, 6) is -4.67. The van der Waals surface area contributed by atoms with Gasteiger partial charge in [-0.15, -0.1) is 0 Å². The fourth-order valence-electron chi connectivity index (χ4n) is 3.09. The lowest BCUT2D eigenvalue weighted by Gasteiger charge is -2.24. The van der Waals surface area contributed by atoms with Crippen LogP contribution in [0.3, 0.4) is 0 Å². The van der Waals surface area contributed by atoms with Crippen molar-refractivity contribution in [3.63, 3.8) is 0 Å². The van der Waals surface area contributed by atoms with Crippen LogP contribution in [-0.2, 0) is 30.4 Å². The van der Waals surface area contributed by atoms with Crippen LogP contribution in [0.5, 0.6) is 0 Å². The zero-order valence-electron chi connectivity index (χ0n) is 19.2. The van der Waals surface area contributed by atoms with Gasteiger partial charge in [0.1, 0.15) is 18.1 Å². The number of carbonyl (C=O) groups is 5. The lowest BCUT2D eigenvalue weighted by molar-refractivity contribution is -0.143. The summed E-state index contributed by atoms with van der Waals surface area (Å²) in [5.41, 5.74) is 11.5. The number of carboxylic acid groups (broad SMARTS) is 1. The Bertz CT molecular complexity index is 862. The van der Waals surface area contributed by atoms with Crippen LogP contribution in [0.15, 0.2) is 30.3 Å². The minimum absolute atomic E-state index is 0.0275. The monoisotopic (exact) mass is 479 g/mol. The average molecular weight is 480 g/mol. The lowest BCUT2D eigenvalue weighted by Crippen LogP contribution is -2.58. The van der Waals surface area contributed by atoms with Crippen LogP contribution in [0.25, 0.3) is 0 Å². The van der Waals surface area contributed by atoms with Gasteiger partial charge in [-0.2, -0.15) is 0 Å². The summed E-state index contributed by atoms with van der Waals surface area (Å²) < 4.78 is 0. The average Bonchev–Trinajstić information content (AvgIpc) is 2.75. The van der Waals surface area contributed by atoms with Crippen molar-refractivity contribution in [1.82, 2.24) is 16.0 Å². The summed E-state index contributed by atoms with van der Waals surface area (Å²) in [7, 11) is 0. The minimum atomic E-state index is -1.59. The van der Waals surface area contributed by atoms with E-state index < -0.39 is 66.8 Å². The molecule has 0 aliphatic rings. The highest BCUT2D eigenvalue weighted by Crippen LogP contribution is 2.06. The summed E-state index contributed by atoms with van der Waals surface area (Å²) in [6.07, 6.45) is -0.308. The molecule has 4 atom stereocenters. The molecule has 1 aromatic rings. The van der Waals surface area contributed by atoms with Crippen molar-refractivity contribution in [3.05, 3.63) is 35.9 Å². The van der Waals surface area contributed by atoms with Crippen LogP contribution in [0.4, 0.5) is 0 Å². The maximum Gasteiger partial charge on any atom is 0.326 e. The van der Waals surface area contributed by atoms with Crippen LogP contribution in [0.2, 0.25) is 0 Å². The smallest absolute Gasteiger partial charge is 0.326 e. The molecule has 0 spiro atoms. The first-order valence-electron chi connectivity index (χ1n) is 10.8. The number of carbonyl (C=O) groups excluding carboxylic acids is 4. The van der Waals surface area contributed by atoms with Crippen LogP contribution >= 0.6 is 0 Å². The molecule has 4 unspecified atom stereocenters. The number of hydrogen-bond donors (Lipinski definition) is 7. The molecule has 0 aromatic heterocycles. The summed E-state index contributed by atoms with van der Waals surface area (Å²) >= 11 is 0. The fourth-order valence-corrected chi connectivity index (χ4v) is 3.09. The van der Waals surface area contributed by atoms with Gasteiger partial charge >= 0.3 is 5.97 Å². The fraction of sp³-hybridized carbons (Fsp3) is 0.500. The lowest BCUT2D eigenvalue weighted by atomic mass is 10.0. The number of carboxylic acids is 1. The van der Waals surface area contributed by atoms with E-state index in [0.29, 0.717) is 12.0 Å². The first-order chi connectivity index (χ1) is 15.9. The SMILES string of the molecule is CC(C)CC(N)C(=O)NC(CO)C(=O)NC(Cc1ccccc1)C(=O)NC(CC(N)=O)C(=O)O. The summed E-state index contributed by atoms with van der Waals surface area (Å²) in [6.45, 7) is 2.99. The number of rotatable bonds is 14. The Labute approximate surface area is 197 Å². The third-order valence-corrected chi connectivity index (χ3v) is 4.81. The molecule has 0 aliphatic carbocycles. The van der Waals surface area contributed by atoms with Crippen molar-refractivity contribution in [1.29, 1.82) is 0 Å². The highest BCUT2D eigenvalue weighted by atomic mass is 16.4. The number of primary amides is 1. The van der Waals surface area contributed by atoms with E-state index in [9.17, 15) is 34.2 Å². The van der Waals surface area contributed by atoms with Crippen molar-refractivity contribution in [2.75, 3.05) is 6.61 Å². The van der Waals surface area contributed by atoms with Crippen molar-refractivity contribution in [3.8, 4) is 0 Å². The predicted molar refractivity (Wildman–Crippen MR) is 122 cm³/mol. The number of benzene rings is 1. The second kappa shape index (κ2) is 13.9. The Hall–Kier alpha value is -3.51. The first kappa shape index (κ1) is 28.5. The van der Waals surface area contributed by atoms with Gasteiger partial charge in [0.2, 0.25) is 23.6 Å². The molecule has 0 aliphatic heterocycles. The molecule has 0 radical (unpaired) electrons. The van der Waals surface area contributed by atoms with Crippen LogP contribution < -0.4 is 27.4 Å². The molecule has 0 bridgehead atoms. The van der Waals surface area contributed by atoms with E-state index in [1.54, 1.807) is 30.3 Å². The molecule has 0 saturated heterocycles. The summed E-state index contributed by atoms with van der Waals surface area (Å²) in [5, 5.41) is 25.8. The van der Waals surface area contributed by atoms with Gasteiger partial charge in [0.15, 0.2) is 0 Å². The van der Waals surface area contributed by atoms with E-state index in [1.807, 2.05) is 13.8 Å². The molecule has 188 valence electrons. The Kier molecular flexibility index (Phi) is 11.7. The molecule has 12 nitrogen and oxygen atoms in total. The molecule has 1 aromatic carbocycles. The molecule has 12 heteroatoms. The first-order valence-corrected chi connectivity index (χ1v) is 10.8. The number of hydrogen-bond acceptors (Lipinski definition) is 7.